The molecule has 0 bridgehead atoms. The van der Waals surface area contributed by atoms with Gasteiger partial charge in [-0.2, -0.15) is 0 Å². The number of hydrogen-bond acceptors (Lipinski definition) is 7. The van der Waals surface area contributed by atoms with Crippen molar-refractivity contribution in [2.75, 3.05) is 6.61 Å². The fourth-order valence-electron chi connectivity index (χ4n) is 3.01. The second kappa shape index (κ2) is 7.81. The summed E-state index contributed by atoms with van der Waals surface area (Å²) >= 11 is 7.68. The van der Waals surface area contributed by atoms with Gasteiger partial charge < -0.3 is 9.15 Å². The Morgan fingerprint density at radius 2 is 2.14 bits per heavy atom. The van der Waals surface area contributed by atoms with Crippen LogP contribution in [0.2, 0.25) is 5.02 Å². The number of esters is 1. The fourth-order valence-corrected chi connectivity index (χ4v) is 4.14. The van der Waals surface area contributed by atoms with Crippen molar-refractivity contribution >= 4 is 40.0 Å². The molecule has 9 heteroatoms. The lowest BCUT2D eigenvalue weighted by Gasteiger charge is -2.04. The van der Waals surface area contributed by atoms with Crippen molar-refractivity contribution in [2.24, 2.45) is 0 Å². The second-order valence-electron chi connectivity index (χ2n) is 6.24. The van der Waals surface area contributed by atoms with Gasteiger partial charge in [0, 0.05) is 10.9 Å². The molecule has 1 aromatic carbocycles. The van der Waals surface area contributed by atoms with Crippen molar-refractivity contribution in [3.8, 4) is 10.6 Å². The molecule has 0 aliphatic carbocycles. The summed E-state index contributed by atoms with van der Waals surface area (Å²) in [4.78, 5) is 34.1. The maximum absolute atomic E-state index is 13.0. The zero-order valence-electron chi connectivity index (χ0n) is 15.6. The molecule has 3 heterocycles. The van der Waals surface area contributed by atoms with Crippen LogP contribution in [0.3, 0.4) is 0 Å². The Kier molecular flexibility index (Phi) is 5.21. The van der Waals surface area contributed by atoms with Crippen molar-refractivity contribution in [1.29, 1.82) is 0 Å². The standard InChI is InChI=1S/C20H16ClN3O4S/c1-3-27-20(26)15-11(2)28-17-16(15)19(25)24(10-22-17)8-12-9-29-18(23-12)13-6-4-5-7-14(13)21/h4-7,9-10H,3,8H2,1-2H3. The van der Waals surface area contributed by atoms with E-state index in [-0.39, 0.29) is 35.4 Å². The number of rotatable bonds is 5. The molecule has 0 unspecified atom stereocenters. The molecule has 0 aliphatic heterocycles. The summed E-state index contributed by atoms with van der Waals surface area (Å²) in [7, 11) is 0. The lowest BCUT2D eigenvalue weighted by molar-refractivity contribution is 0.0526. The molecule has 0 spiro atoms. The van der Waals surface area contributed by atoms with Crippen LogP contribution in [0.25, 0.3) is 21.7 Å². The van der Waals surface area contributed by atoms with Crippen LogP contribution in [0, 0.1) is 6.92 Å². The largest absolute Gasteiger partial charge is 0.462 e. The number of carbonyl (C=O) groups excluding carboxylic acids is 1. The molecule has 0 atom stereocenters. The number of nitrogens with zero attached hydrogens (tertiary/aromatic N) is 3. The first-order chi connectivity index (χ1) is 14.0. The van der Waals surface area contributed by atoms with Gasteiger partial charge in [-0.1, -0.05) is 29.8 Å². The van der Waals surface area contributed by atoms with Gasteiger partial charge in [0.15, 0.2) is 0 Å². The third kappa shape index (κ3) is 3.56. The molecular formula is C20H16ClN3O4S. The third-order valence-corrected chi connectivity index (χ3v) is 5.58. The predicted molar refractivity (Wildman–Crippen MR) is 111 cm³/mol. The van der Waals surface area contributed by atoms with Gasteiger partial charge in [0.25, 0.3) is 5.56 Å². The Hall–Kier alpha value is -2.97. The molecular weight excluding hydrogens is 414 g/mol. The minimum atomic E-state index is -0.602. The number of aryl methyl sites for hydroxylation is 1. The van der Waals surface area contributed by atoms with E-state index in [1.54, 1.807) is 19.9 Å². The number of benzene rings is 1. The predicted octanol–water partition coefficient (Wildman–Crippen LogP) is 4.30. The lowest BCUT2D eigenvalue weighted by atomic mass is 10.2. The normalized spacial score (nSPS) is 11.1. The average Bonchev–Trinajstić information content (AvgIpc) is 3.29. The van der Waals surface area contributed by atoms with E-state index in [9.17, 15) is 9.59 Å². The summed E-state index contributed by atoms with van der Waals surface area (Å²) in [5, 5.41) is 3.35. The molecule has 0 saturated carbocycles. The Balaban J connectivity index is 1.72. The summed E-state index contributed by atoms with van der Waals surface area (Å²) < 4.78 is 11.9. The van der Waals surface area contributed by atoms with Gasteiger partial charge in [-0.25, -0.2) is 14.8 Å². The molecule has 148 valence electrons. The molecule has 4 rings (SSSR count). The van der Waals surface area contributed by atoms with Crippen LogP contribution in [-0.4, -0.2) is 27.1 Å². The summed E-state index contributed by atoms with van der Waals surface area (Å²) in [5.41, 5.74) is 1.36. The van der Waals surface area contributed by atoms with E-state index in [0.29, 0.717) is 16.5 Å². The van der Waals surface area contributed by atoms with E-state index in [1.165, 1.54) is 22.2 Å². The number of furan rings is 1. The van der Waals surface area contributed by atoms with Crippen LogP contribution >= 0.6 is 22.9 Å². The number of hydrogen-bond donors (Lipinski definition) is 0. The minimum absolute atomic E-state index is 0.113. The van der Waals surface area contributed by atoms with Crippen LogP contribution in [0.4, 0.5) is 0 Å². The number of aromatic nitrogens is 3. The van der Waals surface area contributed by atoms with Crippen LogP contribution in [-0.2, 0) is 11.3 Å². The van der Waals surface area contributed by atoms with Gasteiger partial charge in [0.2, 0.25) is 5.71 Å². The third-order valence-electron chi connectivity index (χ3n) is 4.32. The van der Waals surface area contributed by atoms with Gasteiger partial charge >= 0.3 is 5.97 Å². The summed E-state index contributed by atoms with van der Waals surface area (Å²) in [6.07, 6.45) is 1.39. The lowest BCUT2D eigenvalue weighted by Crippen LogP contribution is -2.22. The molecule has 7 nitrogen and oxygen atoms in total. The average molecular weight is 430 g/mol. The van der Waals surface area contributed by atoms with Crippen molar-refractivity contribution in [3.63, 3.8) is 0 Å². The maximum Gasteiger partial charge on any atom is 0.342 e. The number of halogens is 1. The first kappa shape index (κ1) is 19.4. The van der Waals surface area contributed by atoms with Crippen LogP contribution in [0.5, 0.6) is 0 Å². The van der Waals surface area contributed by atoms with Gasteiger partial charge in [0.05, 0.1) is 23.9 Å². The van der Waals surface area contributed by atoms with Crippen molar-refractivity contribution in [1.82, 2.24) is 14.5 Å². The monoisotopic (exact) mass is 429 g/mol. The number of thiazole rings is 1. The van der Waals surface area contributed by atoms with Crippen molar-refractivity contribution in [2.45, 2.75) is 20.4 Å². The van der Waals surface area contributed by atoms with Crippen molar-refractivity contribution in [3.05, 3.63) is 68.4 Å². The highest BCUT2D eigenvalue weighted by molar-refractivity contribution is 7.13. The first-order valence-electron chi connectivity index (χ1n) is 8.84. The smallest absolute Gasteiger partial charge is 0.342 e. The van der Waals surface area contributed by atoms with Gasteiger partial charge in [0.1, 0.15) is 28.0 Å². The Labute approximate surface area is 174 Å². The maximum atomic E-state index is 13.0. The Bertz CT molecular complexity index is 1270. The van der Waals surface area contributed by atoms with Crippen molar-refractivity contribution < 1.29 is 13.9 Å². The Morgan fingerprint density at radius 3 is 2.90 bits per heavy atom. The molecule has 3 aromatic heterocycles. The quantitative estimate of drug-likeness (QED) is 0.439. The van der Waals surface area contributed by atoms with E-state index < -0.39 is 5.97 Å². The van der Waals surface area contributed by atoms with Crippen LogP contribution in [0.1, 0.15) is 28.7 Å². The molecule has 0 amide bonds. The number of fused-ring (bicyclic) bond motifs is 1. The summed E-state index contributed by atoms with van der Waals surface area (Å²) in [6.45, 7) is 3.71. The van der Waals surface area contributed by atoms with Crippen LogP contribution < -0.4 is 5.56 Å². The van der Waals surface area contributed by atoms with Crippen LogP contribution in [0.15, 0.2) is 45.2 Å². The van der Waals surface area contributed by atoms with E-state index in [1.807, 2.05) is 23.6 Å². The molecule has 29 heavy (non-hydrogen) atoms. The summed E-state index contributed by atoms with van der Waals surface area (Å²) in [6, 6.07) is 7.45. The number of carbonyl (C=O) groups is 1. The van der Waals surface area contributed by atoms with Gasteiger partial charge in [-0.3, -0.25) is 9.36 Å². The molecule has 0 fully saturated rings. The van der Waals surface area contributed by atoms with E-state index in [4.69, 9.17) is 20.8 Å². The zero-order chi connectivity index (χ0) is 20.5. The SMILES string of the molecule is CCOC(=O)c1c(C)oc2ncn(Cc3csc(-c4ccccc4Cl)n3)c(=O)c12. The molecule has 0 saturated heterocycles. The zero-order valence-corrected chi connectivity index (χ0v) is 17.2. The highest BCUT2D eigenvalue weighted by atomic mass is 35.5. The fraction of sp³-hybridized carbons (Fsp3) is 0.200. The topological polar surface area (TPSA) is 87.2 Å². The first-order valence-corrected chi connectivity index (χ1v) is 10.1. The van der Waals surface area contributed by atoms with Gasteiger partial charge in [-0.05, 0) is 19.9 Å². The second-order valence-corrected chi connectivity index (χ2v) is 7.50. The highest BCUT2D eigenvalue weighted by Crippen LogP contribution is 2.30. The van der Waals surface area contributed by atoms with E-state index in [2.05, 4.69) is 9.97 Å². The van der Waals surface area contributed by atoms with E-state index >= 15 is 0 Å². The number of ether oxygens (including phenoxy) is 1. The highest BCUT2D eigenvalue weighted by Gasteiger charge is 2.24. The molecule has 0 aliphatic rings. The van der Waals surface area contributed by atoms with Gasteiger partial charge in [-0.15, -0.1) is 11.3 Å². The molecule has 0 N–H and O–H groups in total. The summed E-state index contributed by atoms with van der Waals surface area (Å²) in [5.74, 6) is -0.300. The minimum Gasteiger partial charge on any atom is -0.462 e. The molecule has 4 aromatic rings. The Morgan fingerprint density at radius 1 is 1.34 bits per heavy atom. The molecule has 0 radical (unpaired) electrons. The van der Waals surface area contributed by atoms with E-state index in [0.717, 1.165) is 10.6 Å².